The Morgan fingerprint density at radius 1 is 1.41 bits per heavy atom. The van der Waals surface area contributed by atoms with E-state index in [0.717, 1.165) is 44.0 Å². The summed E-state index contributed by atoms with van der Waals surface area (Å²) in [5.41, 5.74) is 1.33. The van der Waals surface area contributed by atoms with Gasteiger partial charge in [-0.3, -0.25) is 9.69 Å². The third-order valence-corrected chi connectivity index (χ3v) is 5.39. The van der Waals surface area contributed by atoms with Crippen LogP contribution in [0.4, 0.5) is 0 Å². The summed E-state index contributed by atoms with van der Waals surface area (Å²) in [6.45, 7) is 4.28. The van der Waals surface area contributed by atoms with Gasteiger partial charge in [0.2, 0.25) is 5.91 Å². The minimum absolute atomic E-state index is 0.00539. The van der Waals surface area contributed by atoms with E-state index in [1.54, 1.807) is 7.11 Å². The average Bonchev–Trinajstić information content (AvgIpc) is 2.80. The number of nitrogens with one attached hydrogen (secondary N) is 1. The van der Waals surface area contributed by atoms with Crippen molar-refractivity contribution in [3.8, 4) is 0 Å². The normalized spacial score (nSPS) is 24.6. The Kier molecular flexibility index (Phi) is 4.71. The summed E-state index contributed by atoms with van der Waals surface area (Å²) >= 11 is 6.05. The number of piperidine rings is 1. The van der Waals surface area contributed by atoms with Crippen LogP contribution < -0.4 is 5.32 Å². The molecular weight excluding hydrogens is 300 g/mol. The number of amides is 1. The quantitative estimate of drug-likeness (QED) is 0.925. The molecule has 1 spiro atoms. The van der Waals surface area contributed by atoms with Gasteiger partial charge in [0.05, 0.1) is 12.5 Å². The predicted molar refractivity (Wildman–Crippen MR) is 86.8 cm³/mol. The number of hydrogen-bond acceptors (Lipinski definition) is 3. The fourth-order valence-electron chi connectivity index (χ4n) is 3.78. The van der Waals surface area contributed by atoms with Crippen molar-refractivity contribution in [2.75, 3.05) is 33.4 Å². The van der Waals surface area contributed by atoms with E-state index in [1.807, 2.05) is 18.2 Å². The topological polar surface area (TPSA) is 41.6 Å². The van der Waals surface area contributed by atoms with Gasteiger partial charge in [-0.1, -0.05) is 23.7 Å². The maximum absolute atomic E-state index is 12.0. The van der Waals surface area contributed by atoms with Crippen LogP contribution in [0, 0.1) is 11.3 Å². The van der Waals surface area contributed by atoms with E-state index in [2.05, 4.69) is 16.3 Å². The van der Waals surface area contributed by atoms with Crippen LogP contribution in [0.1, 0.15) is 18.4 Å². The lowest BCUT2D eigenvalue weighted by Gasteiger charge is -2.41. The van der Waals surface area contributed by atoms with E-state index >= 15 is 0 Å². The molecule has 0 aliphatic carbocycles. The molecule has 1 atom stereocenters. The monoisotopic (exact) mass is 322 g/mol. The van der Waals surface area contributed by atoms with Crippen LogP contribution in [0.25, 0.3) is 0 Å². The van der Waals surface area contributed by atoms with Crippen molar-refractivity contribution in [2.45, 2.75) is 19.4 Å². The molecule has 2 saturated heterocycles. The van der Waals surface area contributed by atoms with Gasteiger partial charge in [0.1, 0.15) is 0 Å². The molecule has 0 unspecified atom stereocenters. The highest BCUT2D eigenvalue weighted by Gasteiger charge is 2.49. The zero-order valence-electron chi connectivity index (χ0n) is 13.0. The second-order valence-electron chi connectivity index (χ2n) is 6.49. The number of carbonyl (C=O) groups excluding carboxylic acids is 1. The van der Waals surface area contributed by atoms with E-state index in [4.69, 9.17) is 16.3 Å². The predicted octanol–water partition coefficient (Wildman–Crippen LogP) is 2.31. The van der Waals surface area contributed by atoms with Gasteiger partial charge in [-0.25, -0.2) is 0 Å². The molecule has 3 rings (SSSR count). The molecule has 4 nitrogen and oxygen atoms in total. The summed E-state index contributed by atoms with van der Waals surface area (Å²) in [5.74, 6) is 0.163. The highest BCUT2D eigenvalue weighted by molar-refractivity contribution is 6.30. The van der Waals surface area contributed by atoms with Gasteiger partial charge in [0.15, 0.2) is 0 Å². The molecule has 22 heavy (non-hydrogen) atoms. The SMILES string of the molecule is COC[C@@H]1C(=O)NCC12CCN(Cc1cccc(Cl)c1)CC2. The molecule has 2 aliphatic rings. The zero-order chi connectivity index (χ0) is 15.6. The maximum atomic E-state index is 12.0. The molecule has 0 aromatic heterocycles. The minimum atomic E-state index is 0.00539. The van der Waals surface area contributed by atoms with Gasteiger partial charge < -0.3 is 10.1 Å². The standard InChI is InChI=1S/C17H23ClN2O2/c1-22-11-15-16(21)19-12-17(15)5-7-20(8-6-17)10-13-3-2-4-14(18)9-13/h2-4,9,15H,5-8,10-12H2,1H3,(H,19,21)/t15-/m1/s1. The van der Waals surface area contributed by atoms with Crippen LogP contribution >= 0.6 is 11.6 Å². The summed E-state index contributed by atoms with van der Waals surface area (Å²) in [7, 11) is 1.67. The fraction of sp³-hybridized carbons (Fsp3) is 0.588. The first-order chi connectivity index (χ1) is 10.6. The van der Waals surface area contributed by atoms with E-state index in [-0.39, 0.29) is 17.2 Å². The highest BCUT2D eigenvalue weighted by atomic mass is 35.5. The maximum Gasteiger partial charge on any atom is 0.226 e. The Morgan fingerprint density at radius 2 is 2.18 bits per heavy atom. The van der Waals surface area contributed by atoms with Crippen LogP contribution in [0.3, 0.4) is 0 Å². The number of likely N-dealkylation sites (tertiary alicyclic amines) is 1. The van der Waals surface area contributed by atoms with Crippen LogP contribution in [0.15, 0.2) is 24.3 Å². The third-order valence-electron chi connectivity index (χ3n) is 5.15. The number of methoxy groups -OCH3 is 1. The fourth-order valence-corrected chi connectivity index (χ4v) is 3.99. The van der Waals surface area contributed by atoms with Gasteiger partial charge in [0, 0.05) is 30.6 Å². The zero-order valence-corrected chi connectivity index (χ0v) is 13.7. The van der Waals surface area contributed by atoms with Gasteiger partial charge in [-0.15, -0.1) is 0 Å². The summed E-state index contributed by atoms with van der Waals surface area (Å²) in [4.78, 5) is 14.5. The molecule has 5 heteroatoms. The molecule has 1 aromatic rings. The minimum Gasteiger partial charge on any atom is -0.384 e. The Hall–Kier alpha value is -1.10. The molecule has 0 radical (unpaired) electrons. The molecule has 1 N–H and O–H groups in total. The van der Waals surface area contributed by atoms with Gasteiger partial charge in [0.25, 0.3) is 0 Å². The van der Waals surface area contributed by atoms with Crippen LogP contribution in [0.5, 0.6) is 0 Å². The van der Waals surface area contributed by atoms with Gasteiger partial charge in [-0.2, -0.15) is 0 Å². The van der Waals surface area contributed by atoms with Crippen molar-refractivity contribution < 1.29 is 9.53 Å². The highest BCUT2D eigenvalue weighted by Crippen LogP contribution is 2.42. The van der Waals surface area contributed by atoms with Crippen molar-refractivity contribution in [1.29, 1.82) is 0 Å². The summed E-state index contributed by atoms with van der Waals surface area (Å²) < 4.78 is 5.27. The third kappa shape index (κ3) is 3.14. The molecule has 2 heterocycles. The second kappa shape index (κ2) is 6.57. The van der Waals surface area contributed by atoms with Crippen molar-refractivity contribution in [2.24, 2.45) is 11.3 Å². The number of ether oxygens (including phenoxy) is 1. The first-order valence-electron chi connectivity index (χ1n) is 7.86. The summed E-state index contributed by atoms with van der Waals surface area (Å²) in [6.07, 6.45) is 2.08. The molecule has 1 aromatic carbocycles. The smallest absolute Gasteiger partial charge is 0.226 e. The van der Waals surface area contributed by atoms with E-state index in [9.17, 15) is 4.79 Å². The van der Waals surface area contributed by atoms with E-state index in [0.29, 0.717) is 6.61 Å². The lowest BCUT2D eigenvalue weighted by molar-refractivity contribution is -0.126. The molecular formula is C17H23ClN2O2. The Bertz CT molecular complexity index is 541. The Morgan fingerprint density at radius 3 is 2.86 bits per heavy atom. The number of carbonyl (C=O) groups is 1. The number of hydrogen-bond donors (Lipinski definition) is 1. The molecule has 2 aliphatic heterocycles. The van der Waals surface area contributed by atoms with E-state index < -0.39 is 0 Å². The van der Waals surface area contributed by atoms with Crippen molar-refractivity contribution in [3.63, 3.8) is 0 Å². The molecule has 2 fully saturated rings. The molecule has 0 bridgehead atoms. The number of nitrogens with zero attached hydrogens (tertiary/aromatic N) is 1. The number of halogens is 1. The molecule has 120 valence electrons. The van der Waals surface area contributed by atoms with Gasteiger partial charge in [-0.05, 0) is 43.6 Å². The van der Waals surface area contributed by atoms with Gasteiger partial charge >= 0.3 is 0 Å². The van der Waals surface area contributed by atoms with Crippen LogP contribution in [-0.4, -0.2) is 44.2 Å². The van der Waals surface area contributed by atoms with Crippen molar-refractivity contribution in [1.82, 2.24) is 10.2 Å². The largest absolute Gasteiger partial charge is 0.384 e. The van der Waals surface area contributed by atoms with E-state index in [1.165, 1.54) is 5.56 Å². The lowest BCUT2D eigenvalue weighted by atomic mass is 9.71. The van der Waals surface area contributed by atoms with Crippen molar-refractivity contribution in [3.05, 3.63) is 34.9 Å². The number of benzene rings is 1. The average molecular weight is 323 g/mol. The lowest BCUT2D eigenvalue weighted by Crippen LogP contribution is -2.45. The summed E-state index contributed by atoms with van der Waals surface area (Å²) in [5, 5.41) is 3.82. The number of rotatable bonds is 4. The first-order valence-corrected chi connectivity index (χ1v) is 8.24. The van der Waals surface area contributed by atoms with Crippen molar-refractivity contribution >= 4 is 17.5 Å². The Balaban J connectivity index is 1.61. The second-order valence-corrected chi connectivity index (χ2v) is 6.93. The Labute approximate surface area is 136 Å². The summed E-state index contributed by atoms with van der Waals surface area (Å²) in [6, 6.07) is 8.05. The van der Waals surface area contributed by atoms with Crippen LogP contribution in [0.2, 0.25) is 5.02 Å². The van der Waals surface area contributed by atoms with Crippen LogP contribution in [-0.2, 0) is 16.1 Å². The molecule has 0 saturated carbocycles. The first kappa shape index (κ1) is 15.8. The molecule has 1 amide bonds.